The van der Waals surface area contributed by atoms with Crippen molar-refractivity contribution in [3.8, 4) is 17.2 Å². The van der Waals surface area contributed by atoms with Gasteiger partial charge in [-0.1, -0.05) is 0 Å². The van der Waals surface area contributed by atoms with Crippen LogP contribution in [0.1, 0.15) is 20.7 Å². The number of carbonyl (C=O) groups excluding carboxylic acids is 2. The molecule has 1 fully saturated rings. The molecule has 1 saturated heterocycles. The Kier molecular flexibility index (Phi) is 7.40. The van der Waals surface area contributed by atoms with Gasteiger partial charge < -0.3 is 29.3 Å². The zero-order valence-electron chi connectivity index (χ0n) is 18.0. The number of rotatable bonds is 6. The van der Waals surface area contributed by atoms with Gasteiger partial charge >= 0.3 is 0 Å². The molecule has 0 spiro atoms. The minimum atomic E-state index is -0.357. The molecule has 1 N–H and O–H groups in total. The summed E-state index contributed by atoms with van der Waals surface area (Å²) in [4.78, 5) is 29.6. The highest BCUT2D eigenvalue weighted by Crippen LogP contribution is 2.44. The van der Waals surface area contributed by atoms with Crippen LogP contribution < -0.4 is 19.5 Å². The van der Waals surface area contributed by atoms with E-state index < -0.39 is 0 Å². The fourth-order valence-electron chi connectivity index (χ4n) is 3.37. The number of nitrogens with one attached hydrogen (secondary N) is 1. The summed E-state index contributed by atoms with van der Waals surface area (Å²) in [6, 6.07) is 8.45. The lowest BCUT2D eigenvalue weighted by molar-refractivity contribution is 0.0664. The van der Waals surface area contributed by atoms with Crippen molar-refractivity contribution < 1.29 is 23.8 Å². The van der Waals surface area contributed by atoms with Crippen LogP contribution in [0.5, 0.6) is 17.2 Å². The van der Waals surface area contributed by atoms with Crippen LogP contribution in [-0.2, 0) is 0 Å². The fraction of sp³-hybridized carbons (Fsp3) is 0.364. The molecular weight excluding hydrogens is 466 g/mol. The Balaban J connectivity index is 1.76. The van der Waals surface area contributed by atoms with E-state index in [1.165, 1.54) is 21.3 Å². The van der Waals surface area contributed by atoms with Crippen molar-refractivity contribution in [3.63, 3.8) is 0 Å². The Labute approximate surface area is 190 Å². The predicted molar refractivity (Wildman–Crippen MR) is 122 cm³/mol. The Morgan fingerprint density at radius 3 is 2.10 bits per heavy atom. The van der Waals surface area contributed by atoms with Gasteiger partial charge in [-0.25, -0.2) is 0 Å². The fourth-order valence-corrected chi connectivity index (χ4v) is 4.01. The van der Waals surface area contributed by atoms with Crippen LogP contribution in [-0.4, -0.2) is 76.2 Å². The lowest BCUT2D eigenvalue weighted by atomic mass is 10.1. The minimum absolute atomic E-state index is 0.00153. The van der Waals surface area contributed by atoms with E-state index in [9.17, 15) is 9.59 Å². The van der Waals surface area contributed by atoms with Crippen molar-refractivity contribution in [3.05, 3.63) is 45.9 Å². The van der Waals surface area contributed by atoms with Crippen LogP contribution in [0.25, 0.3) is 0 Å². The molecule has 0 aliphatic carbocycles. The van der Waals surface area contributed by atoms with E-state index in [4.69, 9.17) is 14.2 Å². The van der Waals surface area contributed by atoms with Crippen LogP contribution >= 0.6 is 15.9 Å². The summed E-state index contributed by atoms with van der Waals surface area (Å²) in [5, 5.41) is 2.84. The van der Waals surface area contributed by atoms with Crippen molar-refractivity contribution in [2.45, 2.75) is 0 Å². The van der Waals surface area contributed by atoms with Crippen LogP contribution in [0.3, 0.4) is 0 Å². The molecule has 0 unspecified atom stereocenters. The molecule has 0 radical (unpaired) electrons. The maximum absolute atomic E-state index is 12.9. The number of hydrogen-bond donors (Lipinski definition) is 1. The monoisotopic (exact) mass is 491 g/mol. The van der Waals surface area contributed by atoms with Gasteiger partial charge in [0.05, 0.1) is 31.4 Å². The van der Waals surface area contributed by atoms with E-state index in [2.05, 4.69) is 26.1 Å². The number of likely N-dealkylation sites (N-methyl/N-ethyl adjacent to an activating group) is 1. The van der Waals surface area contributed by atoms with E-state index in [1.807, 2.05) is 11.9 Å². The number of carbonyl (C=O) groups is 2. The first-order valence-electron chi connectivity index (χ1n) is 9.77. The molecular formula is C22H26BrN3O5. The molecule has 9 heteroatoms. The molecule has 1 aliphatic rings. The summed E-state index contributed by atoms with van der Waals surface area (Å²) in [5.74, 6) is 0.767. The number of piperazine rings is 1. The molecule has 8 nitrogen and oxygen atoms in total. The average Bonchev–Trinajstić information content (AvgIpc) is 2.79. The highest BCUT2D eigenvalue weighted by molar-refractivity contribution is 9.10. The molecule has 2 aromatic rings. The smallest absolute Gasteiger partial charge is 0.257 e. The van der Waals surface area contributed by atoms with Gasteiger partial charge in [-0.3, -0.25) is 9.59 Å². The van der Waals surface area contributed by atoms with Gasteiger partial charge in [-0.2, -0.15) is 0 Å². The van der Waals surface area contributed by atoms with Gasteiger partial charge in [0.2, 0.25) is 5.75 Å². The molecule has 166 valence electrons. The van der Waals surface area contributed by atoms with Crippen molar-refractivity contribution in [2.75, 3.05) is 59.9 Å². The number of halogens is 1. The first-order chi connectivity index (χ1) is 14.9. The minimum Gasteiger partial charge on any atom is -0.493 e. The maximum atomic E-state index is 12.9. The molecule has 1 aliphatic heterocycles. The van der Waals surface area contributed by atoms with Crippen LogP contribution in [0.2, 0.25) is 0 Å². The quantitative estimate of drug-likeness (QED) is 0.668. The van der Waals surface area contributed by atoms with Crippen molar-refractivity contribution in [1.29, 1.82) is 0 Å². The number of ether oxygens (including phenoxy) is 3. The summed E-state index contributed by atoms with van der Waals surface area (Å²) in [5.41, 5.74) is 1.49. The molecule has 3 rings (SSSR count). The molecule has 2 aromatic carbocycles. The highest BCUT2D eigenvalue weighted by Gasteiger charge is 2.23. The second-order valence-electron chi connectivity index (χ2n) is 7.13. The van der Waals surface area contributed by atoms with Gasteiger partial charge in [0.15, 0.2) is 11.5 Å². The lowest BCUT2D eigenvalue weighted by Crippen LogP contribution is -2.47. The van der Waals surface area contributed by atoms with E-state index in [1.54, 1.807) is 30.3 Å². The molecule has 0 saturated carbocycles. The maximum Gasteiger partial charge on any atom is 0.257 e. The first-order valence-corrected chi connectivity index (χ1v) is 10.6. The summed E-state index contributed by atoms with van der Waals surface area (Å²) in [7, 11) is 6.52. The molecule has 0 aromatic heterocycles. The van der Waals surface area contributed by atoms with Gasteiger partial charge in [0.1, 0.15) is 0 Å². The normalized spacial score (nSPS) is 14.2. The SMILES string of the molecule is COc1cc(C(=O)Nc2ccc(C(=O)N3CCN(C)CC3)cc2)c(Br)c(OC)c1OC. The van der Waals surface area contributed by atoms with Crippen LogP contribution in [0.4, 0.5) is 5.69 Å². The largest absolute Gasteiger partial charge is 0.493 e. The number of nitrogens with zero attached hydrogens (tertiary/aromatic N) is 2. The Bertz CT molecular complexity index is 957. The predicted octanol–water partition coefficient (Wildman–Crippen LogP) is 3.11. The molecule has 0 atom stereocenters. The number of methoxy groups -OCH3 is 3. The number of anilines is 1. The topological polar surface area (TPSA) is 80.3 Å². The zero-order chi connectivity index (χ0) is 22.5. The van der Waals surface area contributed by atoms with Crippen LogP contribution in [0.15, 0.2) is 34.8 Å². The van der Waals surface area contributed by atoms with E-state index in [-0.39, 0.29) is 11.8 Å². The second-order valence-corrected chi connectivity index (χ2v) is 7.93. The number of benzene rings is 2. The third-order valence-corrected chi connectivity index (χ3v) is 5.98. The Morgan fingerprint density at radius 1 is 0.935 bits per heavy atom. The van der Waals surface area contributed by atoms with E-state index in [0.717, 1.165) is 13.1 Å². The third kappa shape index (κ3) is 4.94. The van der Waals surface area contributed by atoms with Gasteiger partial charge in [-0.15, -0.1) is 0 Å². The highest BCUT2D eigenvalue weighted by atomic mass is 79.9. The summed E-state index contributed by atoms with van der Waals surface area (Å²) in [6.07, 6.45) is 0. The molecule has 1 heterocycles. The standard InChI is InChI=1S/C22H26BrN3O5/c1-25-9-11-26(12-10-25)22(28)14-5-7-15(8-6-14)24-21(27)16-13-17(29-2)19(30-3)20(31-4)18(16)23/h5-8,13H,9-12H2,1-4H3,(H,24,27). The Morgan fingerprint density at radius 2 is 1.55 bits per heavy atom. The third-order valence-electron chi connectivity index (χ3n) is 5.19. The van der Waals surface area contributed by atoms with Gasteiger partial charge in [0.25, 0.3) is 11.8 Å². The summed E-state index contributed by atoms with van der Waals surface area (Å²) < 4.78 is 16.5. The average molecular weight is 492 g/mol. The summed E-state index contributed by atoms with van der Waals surface area (Å²) in [6.45, 7) is 3.15. The first kappa shape index (κ1) is 22.9. The van der Waals surface area contributed by atoms with E-state index in [0.29, 0.717) is 51.6 Å². The van der Waals surface area contributed by atoms with Crippen molar-refractivity contribution >= 4 is 33.4 Å². The number of amides is 2. The van der Waals surface area contributed by atoms with E-state index >= 15 is 0 Å². The lowest BCUT2D eigenvalue weighted by Gasteiger charge is -2.32. The molecule has 31 heavy (non-hydrogen) atoms. The summed E-state index contributed by atoms with van der Waals surface area (Å²) >= 11 is 3.41. The van der Waals surface area contributed by atoms with Gasteiger partial charge in [-0.05, 0) is 53.3 Å². The number of hydrogen-bond acceptors (Lipinski definition) is 6. The van der Waals surface area contributed by atoms with Crippen molar-refractivity contribution in [1.82, 2.24) is 9.80 Å². The van der Waals surface area contributed by atoms with Crippen LogP contribution in [0, 0.1) is 0 Å². The Hall–Kier alpha value is -2.78. The molecule has 2 amide bonds. The van der Waals surface area contributed by atoms with Gasteiger partial charge in [0, 0.05) is 37.4 Å². The van der Waals surface area contributed by atoms with Crippen molar-refractivity contribution in [2.24, 2.45) is 0 Å². The molecule has 0 bridgehead atoms. The second kappa shape index (κ2) is 10.0. The zero-order valence-corrected chi connectivity index (χ0v) is 19.6.